The molecule has 0 aliphatic rings. The van der Waals surface area contributed by atoms with Crippen molar-refractivity contribution in [3.8, 4) is 0 Å². The zero-order chi connectivity index (χ0) is 15.6. The molecule has 2 rings (SSSR count). The minimum atomic E-state index is -4.46. The number of nitrogens with zero attached hydrogens (tertiary/aromatic N) is 2. The second-order valence-corrected chi connectivity index (χ2v) is 4.73. The van der Waals surface area contributed by atoms with Crippen LogP contribution in [0.25, 0.3) is 0 Å². The molecule has 112 valence electrons. The maximum atomic E-state index is 12.7. The number of nitrogens with one attached hydrogen (secondary N) is 1. The van der Waals surface area contributed by atoms with E-state index < -0.39 is 11.7 Å². The fraction of sp³-hybridized carbons (Fsp3) is 0.214. The zero-order valence-electron chi connectivity index (χ0n) is 11.6. The average Bonchev–Trinajstić information content (AvgIpc) is 2.37. The Balaban J connectivity index is 2.25. The molecule has 0 aliphatic heterocycles. The van der Waals surface area contributed by atoms with E-state index in [4.69, 9.17) is 5.73 Å². The fourth-order valence-electron chi connectivity index (χ4n) is 1.77. The molecule has 7 heteroatoms. The third kappa shape index (κ3) is 3.77. The van der Waals surface area contributed by atoms with Crippen LogP contribution in [0, 0.1) is 0 Å². The number of alkyl halides is 3. The van der Waals surface area contributed by atoms with Crippen LogP contribution in [-0.4, -0.2) is 19.1 Å². The van der Waals surface area contributed by atoms with E-state index in [2.05, 4.69) is 10.3 Å². The number of pyridine rings is 1. The molecule has 0 radical (unpaired) electrons. The van der Waals surface area contributed by atoms with Gasteiger partial charge in [-0.05, 0) is 36.4 Å². The van der Waals surface area contributed by atoms with E-state index in [1.165, 1.54) is 0 Å². The molecule has 0 fully saturated rings. The minimum absolute atomic E-state index is 0.0555. The van der Waals surface area contributed by atoms with Gasteiger partial charge in [0.2, 0.25) is 0 Å². The Hall–Kier alpha value is -2.44. The summed E-state index contributed by atoms with van der Waals surface area (Å²) < 4.78 is 38.1. The number of hydrogen-bond donors (Lipinski definition) is 2. The Kier molecular flexibility index (Phi) is 3.93. The summed E-state index contributed by atoms with van der Waals surface area (Å²) in [6.07, 6.45) is -4.46. The molecule has 1 heterocycles. The van der Waals surface area contributed by atoms with Crippen LogP contribution >= 0.6 is 0 Å². The number of aromatic nitrogens is 1. The number of nitrogen functional groups attached to an aromatic ring is 1. The van der Waals surface area contributed by atoms with Crippen LogP contribution in [0.5, 0.6) is 0 Å². The molecule has 2 aromatic rings. The van der Waals surface area contributed by atoms with Crippen LogP contribution in [0.4, 0.5) is 36.2 Å². The highest BCUT2D eigenvalue weighted by atomic mass is 19.4. The maximum absolute atomic E-state index is 12.7. The van der Waals surface area contributed by atoms with Gasteiger partial charge in [0.15, 0.2) is 0 Å². The predicted molar refractivity (Wildman–Crippen MR) is 77.7 cm³/mol. The highest BCUT2D eigenvalue weighted by Gasteiger charge is 2.31. The van der Waals surface area contributed by atoms with Gasteiger partial charge in [-0.15, -0.1) is 0 Å². The molecule has 0 unspecified atom stereocenters. The predicted octanol–water partition coefficient (Wildman–Crippen LogP) is 3.49. The summed E-state index contributed by atoms with van der Waals surface area (Å²) in [6, 6.07) is 8.94. The molecule has 0 aliphatic carbocycles. The van der Waals surface area contributed by atoms with E-state index in [0.717, 1.165) is 17.8 Å². The van der Waals surface area contributed by atoms with Crippen molar-refractivity contribution < 1.29 is 13.2 Å². The largest absolute Gasteiger partial charge is 0.416 e. The second-order valence-electron chi connectivity index (χ2n) is 4.73. The highest BCUT2D eigenvalue weighted by molar-refractivity contribution is 5.62. The van der Waals surface area contributed by atoms with E-state index >= 15 is 0 Å². The third-order valence-electron chi connectivity index (χ3n) is 2.83. The number of anilines is 4. The third-order valence-corrected chi connectivity index (χ3v) is 2.83. The van der Waals surface area contributed by atoms with Gasteiger partial charge in [0.1, 0.15) is 11.6 Å². The van der Waals surface area contributed by atoms with Crippen molar-refractivity contribution in [1.82, 2.24) is 4.98 Å². The fourth-order valence-corrected chi connectivity index (χ4v) is 1.77. The van der Waals surface area contributed by atoms with Gasteiger partial charge in [-0.3, -0.25) is 0 Å². The van der Waals surface area contributed by atoms with E-state index in [1.807, 2.05) is 31.1 Å². The monoisotopic (exact) mass is 296 g/mol. The van der Waals surface area contributed by atoms with Crippen molar-refractivity contribution in [2.75, 3.05) is 30.0 Å². The lowest BCUT2D eigenvalue weighted by Gasteiger charge is -2.14. The SMILES string of the molecule is CN(C)c1ccc(Nc2cc(C(F)(F)F)cc(N)n2)cc1. The molecule has 0 atom stereocenters. The van der Waals surface area contributed by atoms with Gasteiger partial charge >= 0.3 is 6.18 Å². The van der Waals surface area contributed by atoms with Gasteiger partial charge in [0.05, 0.1) is 5.56 Å². The molecule has 3 N–H and O–H groups in total. The first-order valence-corrected chi connectivity index (χ1v) is 6.15. The zero-order valence-corrected chi connectivity index (χ0v) is 11.6. The molecule has 0 saturated carbocycles. The van der Waals surface area contributed by atoms with Crippen molar-refractivity contribution in [3.05, 3.63) is 42.0 Å². The molecule has 0 bridgehead atoms. The smallest absolute Gasteiger partial charge is 0.384 e. The Morgan fingerprint density at radius 1 is 1.10 bits per heavy atom. The van der Waals surface area contributed by atoms with E-state index in [0.29, 0.717) is 5.69 Å². The van der Waals surface area contributed by atoms with Crippen molar-refractivity contribution in [2.45, 2.75) is 6.18 Å². The van der Waals surface area contributed by atoms with Crippen molar-refractivity contribution >= 4 is 23.0 Å². The number of halogens is 3. The first-order chi connectivity index (χ1) is 9.75. The van der Waals surface area contributed by atoms with Gasteiger partial charge in [-0.25, -0.2) is 4.98 Å². The Morgan fingerprint density at radius 3 is 2.24 bits per heavy atom. The molecule has 0 saturated heterocycles. The minimum Gasteiger partial charge on any atom is -0.384 e. The summed E-state index contributed by atoms with van der Waals surface area (Å²) in [4.78, 5) is 5.78. The summed E-state index contributed by atoms with van der Waals surface area (Å²) in [7, 11) is 3.80. The topological polar surface area (TPSA) is 54.2 Å². The van der Waals surface area contributed by atoms with Gasteiger partial charge in [0.25, 0.3) is 0 Å². The summed E-state index contributed by atoms with van der Waals surface area (Å²) in [5.74, 6) is -0.128. The lowest BCUT2D eigenvalue weighted by Crippen LogP contribution is -2.09. The Bertz CT molecular complexity index is 621. The molecule has 0 spiro atoms. The standard InChI is InChI=1S/C14H15F3N4/c1-21(2)11-5-3-10(4-6-11)19-13-8-9(14(15,16)17)7-12(18)20-13/h3-8H,1-2H3,(H3,18,19,20). The normalized spacial score (nSPS) is 11.3. The molecular formula is C14H15F3N4. The second kappa shape index (κ2) is 5.51. The summed E-state index contributed by atoms with van der Waals surface area (Å²) in [6.45, 7) is 0. The first kappa shape index (κ1) is 15.0. The van der Waals surface area contributed by atoms with Crippen LogP contribution in [0.2, 0.25) is 0 Å². The Labute approximate surface area is 120 Å². The van der Waals surface area contributed by atoms with E-state index in [-0.39, 0.29) is 11.6 Å². The van der Waals surface area contributed by atoms with Gasteiger partial charge in [0, 0.05) is 25.5 Å². The lowest BCUT2D eigenvalue weighted by molar-refractivity contribution is -0.137. The summed E-state index contributed by atoms with van der Waals surface area (Å²) in [5.41, 5.74) is 6.20. The first-order valence-electron chi connectivity index (χ1n) is 6.15. The number of hydrogen-bond acceptors (Lipinski definition) is 4. The van der Waals surface area contributed by atoms with Crippen molar-refractivity contribution in [2.24, 2.45) is 0 Å². The Morgan fingerprint density at radius 2 is 1.71 bits per heavy atom. The van der Waals surface area contributed by atoms with E-state index in [1.54, 1.807) is 12.1 Å². The number of benzene rings is 1. The molecular weight excluding hydrogens is 281 g/mol. The molecule has 0 amide bonds. The van der Waals surface area contributed by atoms with Crippen LogP contribution in [0.15, 0.2) is 36.4 Å². The molecule has 1 aromatic heterocycles. The molecule has 4 nitrogen and oxygen atoms in total. The van der Waals surface area contributed by atoms with Crippen LogP contribution in [0.1, 0.15) is 5.56 Å². The molecule has 21 heavy (non-hydrogen) atoms. The van der Waals surface area contributed by atoms with Crippen molar-refractivity contribution in [1.29, 1.82) is 0 Å². The van der Waals surface area contributed by atoms with Gasteiger partial charge in [-0.1, -0.05) is 0 Å². The maximum Gasteiger partial charge on any atom is 0.416 e. The lowest BCUT2D eigenvalue weighted by atomic mass is 10.2. The van der Waals surface area contributed by atoms with Gasteiger partial charge in [-0.2, -0.15) is 13.2 Å². The van der Waals surface area contributed by atoms with Crippen LogP contribution < -0.4 is 16.0 Å². The number of nitrogens with two attached hydrogens (primary N) is 1. The van der Waals surface area contributed by atoms with Crippen LogP contribution in [-0.2, 0) is 6.18 Å². The van der Waals surface area contributed by atoms with E-state index in [9.17, 15) is 13.2 Å². The van der Waals surface area contributed by atoms with Crippen molar-refractivity contribution in [3.63, 3.8) is 0 Å². The van der Waals surface area contributed by atoms with Crippen LogP contribution in [0.3, 0.4) is 0 Å². The number of rotatable bonds is 3. The highest BCUT2D eigenvalue weighted by Crippen LogP contribution is 2.32. The summed E-state index contributed by atoms with van der Waals surface area (Å²) >= 11 is 0. The molecule has 1 aromatic carbocycles. The quantitative estimate of drug-likeness (QED) is 0.910. The average molecular weight is 296 g/mol. The summed E-state index contributed by atoms with van der Waals surface area (Å²) in [5, 5.41) is 2.81. The van der Waals surface area contributed by atoms with Gasteiger partial charge < -0.3 is 16.0 Å².